The molecular weight excluding hydrogens is 282 g/mol. The molecule has 8 heteroatoms. The molecule has 112 valence electrons. The maximum Gasteiger partial charge on any atom is 0.309 e. The second-order valence-corrected chi connectivity index (χ2v) is 6.61. The molecule has 1 fully saturated rings. The van der Waals surface area contributed by atoms with Gasteiger partial charge in [0.25, 0.3) is 10.0 Å². The average Bonchev–Trinajstić information content (AvgIpc) is 2.86. The Morgan fingerprint density at radius 3 is 2.60 bits per heavy atom. The molecule has 7 nitrogen and oxygen atoms in total. The van der Waals surface area contributed by atoms with E-state index < -0.39 is 10.0 Å². The number of nitrogens with zero attached hydrogens (tertiary/aromatic N) is 3. The van der Waals surface area contributed by atoms with E-state index in [-0.39, 0.29) is 16.9 Å². The van der Waals surface area contributed by atoms with E-state index in [1.54, 1.807) is 14.0 Å². The van der Waals surface area contributed by atoms with Crippen molar-refractivity contribution in [2.75, 3.05) is 19.7 Å². The number of ether oxygens (including phenoxy) is 1. The molecule has 2 rings (SSSR count). The fraction of sp³-hybridized carbons (Fsp3) is 0.667. The fourth-order valence-corrected chi connectivity index (χ4v) is 3.91. The van der Waals surface area contributed by atoms with Crippen LogP contribution in [0.4, 0.5) is 0 Å². The molecule has 1 aromatic rings. The Bertz CT molecular complexity index is 573. The van der Waals surface area contributed by atoms with Gasteiger partial charge in [0.15, 0.2) is 5.03 Å². The number of sulfonamides is 1. The molecule has 0 radical (unpaired) electrons. The first-order chi connectivity index (χ1) is 9.46. The van der Waals surface area contributed by atoms with Gasteiger partial charge in [-0.05, 0) is 25.8 Å². The molecule has 1 aromatic heterocycles. The highest BCUT2D eigenvalue weighted by Gasteiger charge is 2.33. The van der Waals surface area contributed by atoms with Gasteiger partial charge in [0.2, 0.25) is 0 Å². The van der Waals surface area contributed by atoms with E-state index in [9.17, 15) is 13.2 Å². The lowest BCUT2D eigenvalue weighted by Gasteiger charge is -2.29. The minimum Gasteiger partial charge on any atom is -0.466 e. The minimum atomic E-state index is -3.53. The summed E-state index contributed by atoms with van der Waals surface area (Å²) in [5.74, 6) is -0.432. The van der Waals surface area contributed by atoms with Crippen LogP contribution in [0.2, 0.25) is 0 Å². The molecule has 1 aliphatic heterocycles. The first-order valence-corrected chi connectivity index (χ1v) is 8.05. The van der Waals surface area contributed by atoms with Crippen molar-refractivity contribution in [3.8, 4) is 0 Å². The number of aromatic nitrogens is 2. The lowest BCUT2D eigenvalue weighted by Crippen LogP contribution is -2.41. The molecule has 2 heterocycles. The van der Waals surface area contributed by atoms with Crippen LogP contribution >= 0.6 is 0 Å². The van der Waals surface area contributed by atoms with Crippen LogP contribution in [0.15, 0.2) is 17.3 Å². The number of rotatable bonds is 4. The highest BCUT2D eigenvalue weighted by molar-refractivity contribution is 7.89. The zero-order chi connectivity index (χ0) is 14.8. The summed E-state index contributed by atoms with van der Waals surface area (Å²) in [6, 6.07) is 1.48. The molecular formula is C12H19N3O4S. The number of aryl methyl sites for hydroxylation is 1. The van der Waals surface area contributed by atoms with Gasteiger partial charge in [0, 0.05) is 20.1 Å². The molecule has 0 saturated carbocycles. The van der Waals surface area contributed by atoms with Crippen molar-refractivity contribution in [2.24, 2.45) is 13.0 Å². The molecule has 1 saturated heterocycles. The SMILES string of the molecule is CCOC(=O)C1CCN(S(=O)(=O)c2ccnn2C)CC1. The Balaban J connectivity index is 2.04. The van der Waals surface area contributed by atoms with Gasteiger partial charge in [-0.25, -0.2) is 8.42 Å². The van der Waals surface area contributed by atoms with Gasteiger partial charge in [-0.1, -0.05) is 0 Å². The minimum absolute atomic E-state index is 0.173. The Hall–Kier alpha value is -1.41. The fourth-order valence-electron chi connectivity index (χ4n) is 2.34. The summed E-state index contributed by atoms with van der Waals surface area (Å²) in [7, 11) is -1.93. The van der Waals surface area contributed by atoms with Gasteiger partial charge in [-0.3, -0.25) is 9.48 Å². The maximum absolute atomic E-state index is 12.4. The summed E-state index contributed by atoms with van der Waals surface area (Å²) in [6.45, 7) is 2.78. The van der Waals surface area contributed by atoms with Gasteiger partial charge in [-0.2, -0.15) is 9.40 Å². The lowest BCUT2D eigenvalue weighted by molar-refractivity contribution is -0.149. The van der Waals surface area contributed by atoms with Gasteiger partial charge in [-0.15, -0.1) is 0 Å². The molecule has 0 amide bonds. The monoisotopic (exact) mass is 301 g/mol. The average molecular weight is 301 g/mol. The Kier molecular flexibility index (Phi) is 4.44. The molecule has 1 aliphatic rings. The molecule has 0 atom stereocenters. The third-order valence-corrected chi connectivity index (χ3v) is 5.43. The maximum atomic E-state index is 12.4. The van der Waals surface area contributed by atoms with E-state index in [4.69, 9.17) is 4.74 Å². The molecule has 0 spiro atoms. The summed E-state index contributed by atoms with van der Waals surface area (Å²) in [5, 5.41) is 4.06. The first kappa shape index (κ1) is 15.0. The normalized spacial score (nSPS) is 18.1. The summed E-state index contributed by atoms with van der Waals surface area (Å²) < 4.78 is 32.6. The Morgan fingerprint density at radius 1 is 1.45 bits per heavy atom. The number of hydrogen-bond acceptors (Lipinski definition) is 5. The summed E-state index contributed by atoms with van der Waals surface area (Å²) >= 11 is 0. The van der Waals surface area contributed by atoms with Gasteiger partial charge in [0.05, 0.1) is 18.7 Å². The smallest absolute Gasteiger partial charge is 0.309 e. The van der Waals surface area contributed by atoms with E-state index in [0.717, 1.165) is 0 Å². The molecule has 0 unspecified atom stereocenters. The van der Waals surface area contributed by atoms with E-state index in [1.807, 2.05) is 0 Å². The standard InChI is InChI=1S/C12H19N3O4S/c1-3-19-12(16)10-5-8-15(9-6-10)20(17,18)11-4-7-13-14(11)2/h4,7,10H,3,5-6,8-9H2,1-2H3. The highest BCUT2D eigenvalue weighted by Crippen LogP contribution is 2.24. The second kappa shape index (κ2) is 5.92. The topological polar surface area (TPSA) is 81.5 Å². The quantitative estimate of drug-likeness (QED) is 0.751. The van der Waals surface area contributed by atoms with Crippen LogP contribution in [0.5, 0.6) is 0 Å². The van der Waals surface area contributed by atoms with E-state index in [1.165, 1.54) is 21.3 Å². The molecule has 0 bridgehead atoms. The van der Waals surface area contributed by atoms with Crippen LogP contribution in [0, 0.1) is 5.92 Å². The first-order valence-electron chi connectivity index (χ1n) is 6.61. The molecule has 0 N–H and O–H groups in total. The number of esters is 1. The third-order valence-electron chi connectivity index (χ3n) is 3.45. The Morgan fingerprint density at radius 2 is 2.10 bits per heavy atom. The van der Waals surface area contributed by atoms with Crippen LogP contribution in [-0.4, -0.2) is 48.2 Å². The number of carbonyl (C=O) groups excluding carboxylic acids is 1. The number of hydrogen-bond donors (Lipinski definition) is 0. The van der Waals surface area contributed by atoms with Crippen LogP contribution in [0.3, 0.4) is 0 Å². The summed E-state index contributed by atoms with van der Waals surface area (Å²) in [6.07, 6.45) is 2.45. The van der Waals surface area contributed by atoms with E-state index in [0.29, 0.717) is 32.5 Å². The van der Waals surface area contributed by atoms with Gasteiger partial charge in [0.1, 0.15) is 0 Å². The predicted molar refractivity (Wildman–Crippen MR) is 71.3 cm³/mol. The van der Waals surface area contributed by atoms with Crippen LogP contribution in [0.25, 0.3) is 0 Å². The van der Waals surface area contributed by atoms with Gasteiger partial charge < -0.3 is 4.74 Å². The van der Waals surface area contributed by atoms with Crippen molar-refractivity contribution in [3.63, 3.8) is 0 Å². The predicted octanol–water partition coefficient (Wildman–Crippen LogP) is 0.384. The molecule has 0 aromatic carbocycles. The lowest BCUT2D eigenvalue weighted by atomic mass is 9.98. The zero-order valence-electron chi connectivity index (χ0n) is 11.7. The third kappa shape index (κ3) is 2.85. The molecule has 20 heavy (non-hydrogen) atoms. The van der Waals surface area contributed by atoms with E-state index in [2.05, 4.69) is 5.10 Å². The van der Waals surface area contributed by atoms with Crippen molar-refractivity contribution in [2.45, 2.75) is 24.8 Å². The zero-order valence-corrected chi connectivity index (χ0v) is 12.5. The number of carbonyl (C=O) groups is 1. The summed E-state index contributed by atoms with van der Waals surface area (Å²) in [4.78, 5) is 11.6. The van der Waals surface area contributed by atoms with Crippen molar-refractivity contribution < 1.29 is 17.9 Å². The largest absolute Gasteiger partial charge is 0.466 e. The van der Waals surface area contributed by atoms with Crippen molar-refractivity contribution in [1.29, 1.82) is 0 Å². The Labute approximate surface area is 118 Å². The van der Waals surface area contributed by atoms with Crippen LogP contribution in [0.1, 0.15) is 19.8 Å². The summed E-state index contributed by atoms with van der Waals surface area (Å²) in [5.41, 5.74) is 0. The second-order valence-electron chi connectivity index (χ2n) is 4.72. The van der Waals surface area contributed by atoms with Crippen molar-refractivity contribution in [1.82, 2.24) is 14.1 Å². The van der Waals surface area contributed by atoms with Crippen LogP contribution < -0.4 is 0 Å². The van der Waals surface area contributed by atoms with Crippen molar-refractivity contribution >= 4 is 16.0 Å². The number of piperidine rings is 1. The molecule has 0 aliphatic carbocycles. The van der Waals surface area contributed by atoms with Crippen molar-refractivity contribution in [3.05, 3.63) is 12.3 Å². The van der Waals surface area contributed by atoms with Crippen LogP contribution in [-0.2, 0) is 26.6 Å². The van der Waals surface area contributed by atoms with Gasteiger partial charge >= 0.3 is 5.97 Å². The van der Waals surface area contributed by atoms with E-state index >= 15 is 0 Å². The highest BCUT2D eigenvalue weighted by atomic mass is 32.2.